The average Bonchev–Trinajstić information content (AvgIpc) is 2.67. The molecule has 0 atom stereocenters. The fourth-order valence-electron chi connectivity index (χ4n) is 1.84. The molecule has 1 aromatic heterocycles. The number of carboxylic acid groups (broad SMARTS) is 1. The van der Waals surface area contributed by atoms with Gasteiger partial charge in [-0.2, -0.15) is 0 Å². The monoisotopic (exact) mass is 377 g/mol. The Labute approximate surface area is 122 Å². The predicted molar refractivity (Wildman–Crippen MR) is 74.2 cm³/mol. The number of aromatic carboxylic acids is 1. The van der Waals surface area contributed by atoms with Crippen LogP contribution < -0.4 is 0 Å². The number of nitrogens with zero attached hydrogens (tertiary/aromatic N) is 1. The van der Waals surface area contributed by atoms with Crippen molar-refractivity contribution in [2.75, 3.05) is 0 Å². The second-order valence-electron chi connectivity index (χ2n) is 4.07. The van der Waals surface area contributed by atoms with E-state index in [2.05, 4.69) is 0 Å². The van der Waals surface area contributed by atoms with Crippen LogP contribution in [0.2, 0.25) is 0 Å². The molecule has 1 aromatic carbocycles. The highest BCUT2D eigenvalue weighted by atomic mass is 127. The van der Waals surface area contributed by atoms with Crippen LogP contribution in [0.4, 0.5) is 8.78 Å². The van der Waals surface area contributed by atoms with Crippen LogP contribution in [-0.2, 0) is 13.0 Å². The summed E-state index contributed by atoms with van der Waals surface area (Å²) in [7, 11) is 0. The van der Waals surface area contributed by atoms with Crippen molar-refractivity contribution in [1.29, 1.82) is 0 Å². The van der Waals surface area contributed by atoms with Gasteiger partial charge in [0.1, 0.15) is 17.3 Å². The molecule has 2 aromatic rings. The van der Waals surface area contributed by atoms with Crippen molar-refractivity contribution >= 4 is 28.6 Å². The highest BCUT2D eigenvalue weighted by Gasteiger charge is 2.11. The molecule has 100 valence electrons. The zero-order chi connectivity index (χ0) is 14.0. The molecule has 0 saturated heterocycles. The lowest BCUT2D eigenvalue weighted by molar-refractivity contribution is 0.0685. The molecule has 0 aliphatic heterocycles. The van der Waals surface area contributed by atoms with E-state index in [4.69, 9.17) is 5.11 Å². The molecule has 1 N–H and O–H groups in total. The molecule has 0 aliphatic carbocycles. The summed E-state index contributed by atoms with van der Waals surface area (Å²) in [4.78, 5) is 11.0. The van der Waals surface area contributed by atoms with Gasteiger partial charge < -0.3 is 9.67 Å². The fourth-order valence-corrected chi connectivity index (χ4v) is 2.47. The lowest BCUT2D eigenvalue weighted by Gasteiger charge is -2.06. The second kappa shape index (κ2) is 5.68. The first-order valence-electron chi connectivity index (χ1n) is 5.49. The molecule has 1 heterocycles. The van der Waals surface area contributed by atoms with Gasteiger partial charge in [0.2, 0.25) is 0 Å². The number of halogens is 3. The van der Waals surface area contributed by atoms with Crippen LogP contribution in [0, 0.1) is 15.2 Å². The topological polar surface area (TPSA) is 42.2 Å². The van der Waals surface area contributed by atoms with Crippen LogP contribution >= 0.6 is 22.6 Å². The molecule has 0 bridgehead atoms. The summed E-state index contributed by atoms with van der Waals surface area (Å²) in [6.45, 7) is 0.355. The minimum atomic E-state index is -1.02. The third-order valence-electron chi connectivity index (χ3n) is 2.65. The minimum Gasteiger partial charge on any atom is -0.477 e. The van der Waals surface area contributed by atoms with Crippen LogP contribution in [0.3, 0.4) is 0 Å². The lowest BCUT2D eigenvalue weighted by Crippen LogP contribution is -2.09. The number of hydrogen-bond donors (Lipinski definition) is 1. The van der Waals surface area contributed by atoms with Gasteiger partial charge in [-0.15, -0.1) is 0 Å². The highest BCUT2D eigenvalue weighted by molar-refractivity contribution is 14.1. The zero-order valence-electron chi connectivity index (χ0n) is 9.74. The van der Waals surface area contributed by atoms with Gasteiger partial charge in [0, 0.05) is 22.4 Å². The maximum Gasteiger partial charge on any atom is 0.352 e. The Bertz CT molecular complexity index is 605. The Morgan fingerprint density at radius 1 is 1.21 bits per heavy atom. The van der Waals surface area contributed by atoms with Gasteiger partial charge >= 0.3 is 5.97 Å². The highest BCUT2D eigenvalue weighted by Crippen LogP contribution is 2.14. The van der Waals surface area contributed by atoms with Crippen LogP contribution in [0.5, 0.6) is 0 Å². The van der Waals surface area contributed by atoms with Crippen molar-refractivity contribution in [3.8, 4) is 0 Å². The van der Waals surface area contributed by atoms with Gasteiger partial charge in [-0.3, -0.25) is 0 Å². The van der Waals surface area contributed by atoms with Crippen molar-refractivity contribution in [2.45, 2.75) is 13.0 Å². The van der Waals surface area contributed by atoms with E-state index in [9.17, 15) is 13.6 Å². The number of benzene rings is 1. The molecular weight excluding hydrogens is 367 g/mol. The summed E-state index contributed by atoms with van der Waals surface area (Å²) in [6.07, 6.45) is 2.05. The van der Waals surface area contributed by atoms with Crippen molar-refractivity contribution in [3.05, 3.63) is 56.9 Å². The van der Waals surface area contributed by atoms with E-state index in [0.29, 0.717) is 18.5 Å². The molecule has 3 nitrogen and oxygen atoms in total. The second-order valence-corrected chi connectivity index (χ2v) is 5.32. The normalized spacial score (nSPS) is 10.7. The SMILES string of the molecule is O=C(O)c1cc(I)cn1CCc1cc(F)cc(F)c1. The largest absolute Gasteiger partial charge is 0.477 e. The summed E-state index contributed by atoms with van der Waals surface area (Å²) in [5.74, 6) is -2.28. The van der Waals surface area contributed by atoms with Crippen LogP contribution in [-0.4, -0.2) is 15.6 Å². The van der Waals surface area contributed by atoms with E-state index in [1.807, 2.05) is 22.6 Å². The van der Waals surface area contributed by atoms with Gasteiger partial charge in [0.05, 0.1) is 0 Å². The van der Waals surface area contributed by atoms with Gasteiger partial charge in [-0.05, 0) is 52.8 Å². The molecule has 6 heteroatoms. The van der Waals surface area contributed by atoms with E-state index in [1.54, 1.807) is 16.8 Å². The fraction of sp³-hybridized carbons (Fsp3) is 0.154. The summed E-state index contributed by atoms with van der Waals surface area (Å²) in [5, 5.41) is 9.02. The van der Waals surface area contributed by atoms with E-state index < -0.39 is 17.6 Å². The van der Waals surface area contributed by atoms with Gasteiger partial charge in [-0.25, -0.2) is 13.6 Å². The zero-order valence-corrected chi connectivity index (χ0v) is 11.9. The Hall–Kier alpha value is -1.44. The summed E-state index contributed by atoms with van der Waals surface area (Å²) < 4.78 is 28.4. The standard InChI is InChI=1S/C13H10F2INO2/c14-9-3-8(4-10(15)5-9)1-2-17-7-11(16)6-12(17)13(18)19/h3-7H,1-2H2,(H,18,19). The first-order valence-corrected chi connectivity index (χ1v) is 6.57. The van der Waals surface area contributed by atoms with E-state index >= 15 is 0 Å². The molecule has 0 saturated carbocycles. The van der Waals surface area contributed by atoms with Gasteiger partial charge in [-0.1, -0.05) is 0 Å². The molecule has 0 amide bonds. The van der Waals surface area contributed by atoms with E-state index in [1.165, 1.54) is 12.1 Å². The van der Waals surface area contributed by atoms with E-state index in [-0.39, 0.29) is 5.69 Å². The smallest absolute Gasteiger partial charge is 0.352 e. The first-order chi connectivity index (χ1) is 8.95. The maximum atomic E-state index is 13.0. The van der Waals surface area contributed by atoms with Crippen molar-refractivity contribution in [3.63, 3.8) is 0 Å². The summed E-state index contributed by atoms with van der Waals surface area (Å²) >= 11 is 2.02. The van der Waals surface area contributed by atoms with Gasteiger partial charge in [0.25, 0.3) is 0 Å². The average molecular weight is 377 g/mol. The van der Waals surface area contributed by atoms with Crippen molar-refractivity contribution < 1.29 is 18.7 Å². The molecule has 0 spiro atoms. The predicted octanol–water partition coefficient (Wildman–Crippen LogP) is 3.31. The van der Waals surface area contributed by atoms with Crippen molar-refractivity contribution in [2.24, 2.45) is 0 Å². The molecule has 0 unspecified atom stereocenters. The Kier molecular flexibility index (Phi) is 4.18. The Morgan fingerprint density at radius 2 is 1.84 bits per heavy atom. The molecular formula is C13H10F2INO2. The van der Waals surface area contributed by atoms with Crippen LogP contribution in [0.25, 0.3) is 0 Å². The Balaban J connectivity index is 2.16. The third-order valence-corrected chi connectivity index (χ3v) is 3.24. The number of carboxylic acids is 1. The number of aryl methyl sites for hydroxylation is 2. The number of aromatic nitrogens is 1. The number of carbonyl (C=O) groups is 1. The molecule has 0 aliphatic rings. The third kappa shape index (κ3) is 3.52. The van der Waals surface area contributed by atoms with Crippen molar-refractivity contribution in [1.82, 2.24) is 4.57 Å². The molecule has 19 heavy (non-hydrogen) atoms. The van der Waals surface area contributed by atoms with Crippen LogP contribution in [0.15, 0.2) is 30.5 Å². The van der Waals surface area contributed by atoms with Crippen LogP contribution in [0.1, 0.15) is 16.1 Å². The Morgan fingerprint density at radius 3 is 2.42 bits per heavy atom. The number of rotatable bonds is 4. The maximum absolute atomic E-state index is 13.0. The summed E-state index contributed by atoms with van der Waals surface area (Å²) in [6, 6.07) is 4.86. The number of hydrogen-bond acceptors (Lipinski definition) is 1. The molecule has 0 radical (unpaired) electrons. The van der Waals surface area contributed by atoms with E-state index in [0.717, 1.165) is 9.64 Å². The summed E-state index contributed by atoms with van der Waals surface area (Å²) in [5.41, 5.74) is 0.666. The molecule has 2 rings (SSSR count). The van der Waals surface area contributed by atoms with Gasteiger partial charge in [0.15, 0.2) is 0 Å². The lowest BCUT2D eigenvalue weighted by atomic mass is 10.1. The quantitative estimate of drug-likeness (QED) is 0.831. The first kappa shape index (κ1) is 14.0. The minimum absolute atomic E-state index is 0.168. The molecule has 0 fully saturated rings.